The van der Waals surface area contributed by atoms with Crippen LogP contribution in [0.2, 0.25) is 0 Å². The van der Waals surface area contributed by atoms with Gasteiger partial charge in [0.1, 0.15) is 0 Å². The van der Waals surface area contributed by atoms with Crippen molar-refractivity contribution in [3.63, 3.8) is 0 Å². The zero-order valence-corrected chi connectivity index (χ0v) is 17.7. The van der Waals surface area contributed by atoms with Crippen LogP contribution in [0.4, 0.5) is 5.69 Å². The minimum atomic E-state index is -3.19. The molecule has 7 nitrogen and oxygen atoms in total. The summed E-state index contributed by atoms with van der Waals surface area (Å²) in [4.78, 5) is 12.7. The number of hydrogen-bond donors (Lipinski definition) is 1. The van der Waals surface area contributed by atoms with Crippen molar-refractivity contribution in [1.29, 1.82) is 0 Å². The van der Waals surface area contributed by atoms with Gasteiger partial charge in [-0.1, -0.05) is 29.8 Å². The van der Waals surface area contributed by atoms with Crippen LogP contribution in [0.3, 0.4) is 0 Å². The van der Waals surface area contributed by atoms with Crippen LogP contribution in [0.15, 0.2) is 24.3 Å². The third-order valence-corrected chi connectivity index (χ3v) is 6.68. The van der Waals surface area contributed by atoms with E-state index in [1.807, 2.05) is 18.5 Å². The molecule has 1 aliphatic rings. The van der Waals surface area contributed by atoms with E-state index in [2.05, 4.69) is 41.6 Å². The quantitative estimate of drug-likeness (QED) is 0.830. The Kier molecular flexibility index (Phi) is 5.90. The lowest BCUT2D eigenvalue weighted by molar-refractivity contribution is -0.120. The smallest absolute Gasteiger partial charge is 0.227 e. The second-order valence-electron chi connectivity index (χ2n) is 7.61. The maximum absolute atomic E-state index is 12.7. The van der Waals surface area contributed by atoms with Crippen molar-refractivity contribution >= 4 is 21.6 Å². The molecular formula is C20H28N4O3S. The van der Waals surface area contributed by atoms with E-state index in [-0.39, 0.29) is 11.8 Å². The lowest BCUT2D eigenvalue weighted by Crippen LogP contribution is -2.41. The van der Waals surface area contributed by atoms with Crippen LogP contribution in [0, 0.1) is 26.7 Å². The van der Waals surface area contributed by atoms with E-state index < -0.39 is 10.0 Å². The number of nitrogens with one attached hydrogen (secondary N) is 1. The minimum absolute atomic E-state index is 0.0609. The third-order valence-electron chi connectivity index (χ3n) is 5.38. The Morgan fingerprint density at radius 1 is 1.14 bits per heavy atom. The van der Waals surface area contributed by atoms with E-state index in [0.29, 0.717) is 32.5 Å². The lowest BCUT2D eigenvalue weighted by atomic mass is 9.97. The Morgan fingerprint density at radius 3 is 2.32 bits per heavy atom. The van der Waals surface area contributed by atoms with Crippen molar-refractivity contribution in [2.45, 2.75) is 40.2 Å². The monoisotopic (exact) mass is 404 g/mol. The van der Waals surface area contributed by atoms with Crippen LogP contribution < -0.4 is 5.32 Å². The van der Waals surface area contributed by atoms with E-state index in [1.54, 1.807) is 0 Å². The Morgan fingerprint density at radius 2 is 1.75 bits per heavy atom. The molecule has 1 N–H and O–H groups in total. The van der Waals surface area contributed by atoms with Crippen molar-refractivity contribution in [2.75, 3.05) is 24.7 Å². The average molecular weight is 405 g/mol. The van der Waals surface area contributed by atoms with Gasteiger partial charge in [-0.3, -0.25) is 9.48 Å². The van der Waals surface area contributed by atoms with Crippen molar-refractivity contribution in [3.05, 3.63) is 46.8 Å². The lowest BCUT2D eigenvalue weighted by Gasteiger charge is -2.29. The number of nitrogens with zero attached hydrogens (tertiary/aromatic N) is 3. The Balaban J connectivity index is 1.67. The van der Waals surface area contributed by atoms with Gasteiger partial charge in [-0.05, 0) is 39.2 Å². The molecule has 3 rings (SSSR count). The molecule has 0 atom stereocenters. The van der Waals surface area contributed by atoms with Crippen LogP contribution in [0.1, 0.15) is 35.4 Å². The van der Waals surface area contributed by atoms with Gasteiger partial charge in [-0.15, -0.1) is 0 Å². The SMILES string of the molecule is Cc1ccc(Cn2nc(C)c(NC(=O)C3CCN(S(C)(=O)=O)CC3)c2C)cc1. The average Bonchev–Trinajstić information content (AvgIpc) is 2.90. The van der Waals surface area contributed by atoms with Crippen molar-refractivity contribution in [2.24, 2.45) is 5.92 Å². The van der Waals surface area contributed by atoms with Gasteiger partial charge < -0.3 is 5.32 Å². The molecule has 0 bridgehead atoms. The van der Waals surface area contributed by atoms with E-state index in [0.717, 1.165) is 22.6 Å². The number of aryl methyl sites for hydroxylation is 2. The first-order chi connectivity index (χ1) is 13.1. The molecule has 1 aromatic heterocycles. The highest BCUT2D eigenvalue weighted by molar-refractivity contribution is 7.88. The number of carbonyl (C=O) groups excluding carboxylic acids is 1. The molecule has 0 aliphatic carbocycles. The topological polar surface area (TPSA) is 84.3 Å². The first kappa shape index (κ1) is 20.5. The number of aromatic nitrogens is 2. The Hall–Kier alpha value is -2.19. The van der Waals surface area contributed by atoms with Gasteiger partial charge in [0.2, 0.25) is 15.9 Å². The number of benzene rings is 1. The predicted molar refractivity (Wildman–Crippen MR) is 110 cm³/mol. The summed E-state index contributed by atoms with van der Waals surface area (Å²) < 4.78 is 26.6. The summed E-state index contributed by atoms with van der Waals surface area (Å²) in [6.45, 7) is 7.33. The first-order valence-electron chi connectivity index (χ1n) is 9.50. The standard InChI is InChI=1S/C20H28N4O3S/c1-14-5-7-17(8-6-14)13-24-16(3)19(15(2)22-24)21-20(25)18-9-11-23(12-10-18)28(4,26)27/h5-8,18H,9-13H2,1-4H3,(H,21,25). The Labute approximate surface area is 166 Å². The van der Waals surface area contributed by atoms with Crippen LogP contribution in [0.5, 0.6) is 0 Å². The van der Waals surface area contributed by atoms with Crippen molar-refractivity contribution in [3.8, 4) is 0 Å². The fraction of sp³-hybridized carbons (Fsp3) is 0.500. The number of sulfonamides is 1. The second kappa shape index (κ2) is 8.05. The molecular weight excluding hydrogens is 376 g/mol. The van der Waals surface area contributed by atoms with Gasteiger partial charge in [0.05, 0.1) is 29.9 Å². The zero-order chi connectivity index (χ0) is 20.5. The number of carbonyl (C=O) groups is 1. The summed E-state index contributed by atoms with van der Waals surface area (Å²) in [6.07, 6.45) is 2.28. The second-order valence-corrected chi connectivity index (χ2v) is 9.60. The molecule has 1 amide bonds. The van der Waals surface area contributed by atoms with Crippen molar-refractivity contribution < 1.29 is 13.2 Å². The zero-order valence-electron chi connectivity index (χ0n) is 16.9. The molecule has 1 aromatic carbocycles. The fourth-order valence-electron chi connectivity index (χ4n) is 3.57. The van der Waals surface area contributed by atoms with E-state index in [4.69, 9.17) is 0 Å². The number of rotatable bonds is 5. The summed E-state index contributed by atoms with van der Waals surface area (Å²) in [7, 11) is -3.19. The molecule has 0 unspecified atom stereocenters. The summed E-state index contributed by atoms with van der Waals surface area (Å²) >= 11 is 0. The normalized spacial score (nSPS) is 16.3. The largest absolute Gasteiger partial charge is 0.323 e. The molecule has 0 radical (unpaired) electrons. The van der Waals surface area contributed by atoms with E-state index in [1.165, 1.54) is 16.1 Å². The maximum Gasteiger partial charge on any atom is 0.227 e. The molecule has 0 saturated carbocycles. The number of piperidine rings is 1. The van der Waals surface area contributed by atoms with Gasteiger partial charge in [-0.2, -0.15) is 5.10 Å². The summed E-state index contributed by atoms with van der Waals surface area (Å²) in [5, 5.41) is 7.61. The molecule has 8 heteroatoms. The number of anilines is 1. The predicted octanol–water partition coefficient (Wildman–Crippen LogP) is 2.47. The van der Waals surface area contributed by atoms with E-state index in [9.17, 15) is 13.2 Å². The molecule has 28 heavy (non-hydrogen) atoms. The highest BCUT2D eigenvalue weighted by atomic mass is 32.2. The number of amides is 1. The summed E-state index contributed by atoms with van der Waals surface area (Å²) in [5.74, 6) is -0.244. The van der Waals surface area contributed by atoms with Gasteiger partial charge in [0.25, 0.3) is 0 Å². The minimum Gasteiger partial charge on any atom is -0.323 e. The Bertz CT molecular complexity index is 956. The van der Waals surface area contributed by atoms with E-state index >= 15 is 0 Å². The fourth-order valence-corrected chi connectivity index (χ4v) is 4.45. The molecule has 1 saturated heterocycles. The van der Waals surface area contributed by atoms with Crippen LogP contribution in [0.25, 0.3) is 0 Å². The molecule has 1 fully saturated rings. The van der Waals surface area contributed by atoms with Crippen LogP contribution in [-0.4, -0.2) is 47.8 Å². The molecule has 2 aromatic rings. The van der Waals surface area contributed by atoms with Gasteiger partial charge in [-0.25, -0.2) is 12.7 Å². The maximum atomic E-state index is 12.7. The van der Waals surface area contributed by atoms with Crippen molar-refractivity contribution in [1.82, 2.24) is 14.1 Å². The first-order valence-corrected chi connectivity index (χ1v) is 11.4. The molecule has 0 spiro atoms. The van der Waals surface area contributed by atoms with Crippen LogP contribution in [-0.2, 0) is 21.4 Å². The molecule has 1 aliphatic heterocycles. The summed E-state index contributed by atoms with van der Waals surface area (Å²) in [6, 6.07) is 8.32. The summed E-state index contributed by atoms with van der Waals surface area (Å²) in [5.41, 5.74) is 4.82. The highest BCUT2D eigenvalue weighted by Gasteiger charge is 2.29. The van der Waals surface area contributed by atoms with Gasteiger partial charge in [0.15, 0.2) is 0 Å². The third kappa shape index (κ3) is 4.62. The highest BCUT2D eigenvalue weighted by Crippen LogP contribution is 2.25. The van der Waals surface area contributed by atoms with Gasteiger partial charge >= 0.3 is 0 Å². The van der Waals surface area contributed by atoms with Gasteiger partial charge in [0, 0.05) is 19.0 Å². The molecule has 152 valence electrons. The van der Waals surface area contributed by atoms with Crippen LogP contribution >= 0.6 is 0 Å². The number of hydrogen-bond acceptors (Lipinski definition) is 4. The molecule has 2 heterocycles.